The average molecular weight is 208 g/mol. The first-order valence-corrected chi connectivity index (χ1v) is 4.78. The van der Waals surface area contributed by atoms with Crippen LogP contribution in [0.1, 0.15) is 13.3 Å². The molecule has 5 heteroatoms. The van der Waals surface area contributed by atoms with Crippen molar-refractivity contribution in [3.8, 4) is 0 Å². The predicted octanol–water partition coefficient (Wildman–Crippen LogP) is 0.494. The number of alkyl halides is 1. The summed E-state index contributed by atoms with van der Waals surface area (Å²) >= 11 is 5.40. The zero-order chi connectivity index (χ0) is 9.73. The molecule has 1 aliphatic heterocycles. The zero-order valence-corrected chi connectivity index (χ0v) is 8.39. The van der Waals surface area contributed by atoms with Crippen LogP contribution in [0.25, 0.3) is 0 Å². The summed E-state index contributed by atoms with van der Waals surface area (Å²) in [6, 6.07) is 0. The summed E-state index contributed by atoms with van der Waals surface area (Å²) in [5.41, 5.74) is -0.385. The molecule has 1 fully saturated rings. The van der Waals surface area contributed by atoms with Crippen molar-refractivity contribution in [1.29, 1.82) is 0 Å². The molecule has 1 rings (SSSR count). The summed E-state index contributed by atoms with van der Waals surface area (Å²) in [5, 5.41) is 2.81. The Morgan fingerprint density at radius 2 is 2.15 bits per heavy atom. The SMILES string of the molecule is CCC1(NC(=O)CCl)COCOC1. The van der Waals surface area contributed by atoms with Crippen LogP contribution in [0, 0.1) is 0 Å². The molecule has 0 aliphatic carbocycles. The molecule has 0 radical (unpaired) electrons. The number of rotatable bonds is 3. The summed E-state index contributed by atoms with van der Waals surface area (Å²) in [5.74, 6) is -0.209. The van der Waals surface area contributed by atoms with E-state index in [2.05, 4.69) is 5.32 Å². The van der Waals surface area contributed by atoms with Crippen molar-refractivity contribution in [3.63, 3.8) is 0 Å². The number of halogens is 1. The summed E-state index contributed by atoms with van der Waals surface area (Å²) < 4.78 is 10.3. The maximum atomic E-state index is 11.1. The quantitative estimate of drug-likeness (QED) is 0.686. The second-order valence-electron chi connectivity index (χ2n) is 3.13. The predicted molar refractivity (Wildman–Crippen MR) is 48.7 cm³/mol. The first-order valence-electron chi connectivity index (χ1n) is 4.25. The highest BCUT2D eigenvalue weighted by Gasteiger charge is 2.33. The fourth-order valence-corrected chi connectivity index (χ4v) is 1.34. The van der Waals surface area contributed by atoms with Crippen molar-refractivity contribution < 1.29 is 14.3 Å². The molecule has 1 amide bonds. The Labute approximate surface area is 82.5 Å². The molecule has 0 saturated carbocycles. The van der Waals surface area contributed by atoms with Crippen molar-refractivity contribution in [2.45, 2.75) is 18.9 Å². The minimum atomic E-state index is -0.385. The number of carbonyl (C=O) groups is 1. The third-order valence-corrected chi connectivity index (χ3v) is 2.37. The number of hydrogen-bond acceptors (Lipinski definition) is 3. The summed E-state index contributed by atoms with van der Waals surface area (Å²) in [6.07, 6.45) is 0.773. The maximum Gasteiger partial charge on any atom is 0.235 e. The van der Waals surface area contributed by atoms with Gasteiger partial charge in [0.1, 0.15) is 12.7 Å². The van der Waals surface area contributed by atoms with Gasteiger partial charge in [0, 0.05) is 0 Å². The van der Waals surface area contributed by atoms with Gasteiger partial charge in [0.25, 0.3) is 0 Å². The molecule has 4 nitrogen and oxygen atoms in total. The van der Waals surface area contributed by atoms with E-state index in [0.29, 0.717) is 20.0 Å². The lowest BCUT2D eigenvalue weighted by molar-refractivity contribution is -0.152. The lowest BCUT2D eigenvalue weighted by Gasteiger charge is -2.36. The molecular formula is C8H14ClNO3. The Morgan fingerprint density at radius 1 is 1.54 bits per heavy atom. The van der Waals surface area contributed by atoms with Gasteiger partial charge in [-0.05, 0) is 6.42 Å². The minimum Gasteiger partial charge on any atom is -0.353 e. The minimum absolute atomic E-state index is 0.0260. The number of amides is 1. The molecular weight excluding hydrogens is 194 g/mol. The van der Waals surface area contributed by atoms with E-state index in [-0.39, 0.29) is 17.3 Å². The first-order chi connectivity index (χ1) is 6.22. The van der Waals surface area contributed by atoms with Gasteiger partial charge in [-0.3, -0.25) is 4.79 Å². The number of nitrogens with one attached hydrogen (secondary N) is 1. The summed E-state index contributed by atoms with van der Waals surface area (Å²) in [7, 11) is 0. The number of ether oxygens (including phenoxy) is 2. The van der Waals surface area contributed by atoms with Gasteiger partial charge in [-0.2, -0.15) is 0 Å². The Balaban J connectivity index is 2.52. The molecule has 13 heavy (non-hydrogen) atoms. The highest BCUT2D eigenvalue weighted by atomic mass is 35.5. The van der Waals surface area contributed by atoms with Gasteiger partial charge >= 0.3 is 0 Å². The van der Waals surface area contributed by atoms with Gasteiger partial charge in [-0.15, -0.1) is 11.6 Å². The van der Waals surface area contributed by atoms with E-state index in [9.17, 15) is 4.79 Å². The van der Waals surface area contributed by atoms with Crippen LogP contribution in [-0.2, 0) is 14.3 Å². The molecule has 76 valence electrons. The molecule has 0 spiro atoms. The van der Waals surface area contributed by atoms with E-state index >= 15 is 0 Å². The van der Waals surface area contributed by atoms with E-state index in [1.54, 1.807) is 0 Å². The summed E-state index contributed by atoms with van der Waals surface area (Å²) in [6.45, 7) is 3.27. The van der Waals surface area contributed by atoms with Crippen molar-refractivity contribution in [1.82, 2.24) is 5.32 Å². The smallest absolute Gasteiger partial charge is 0.235 e. The van der Waals surface area contributed by atoms with Crippen molar-refractivity contribution in [2.75, 3.05) is 25.9 Å². The molecule has 0 unspecified atom stereocenters. The van der Waals surface area contributed by atoms with Gasteiger partial charge in [0.05, 0.1) is 18.8 Å². The maximum absolute atomic E-state index is 11.1. The van der Waals surface area contributed by atoms with Crippen LogP contribution in [0.3, 0.4) is 0 Å². The number of carbonyl (C=O) groups excluding carboxylic acids is 1. The van der Waals surface area contributed by atoms with Gasteiger partial charge in [-0.1, -0.05) is 6.92 Å². The van der Waals surface area contributed by atoms with Crippen molar-refractivity contribution in [2.24, 2.45) is 0 Å². The highest BCUT2D eigenvalue weighted by Crippen LogP contribution is 2.15. The molecule has 1 aliphatic rings. The fourth-order valence-electron chi connectivity index (χ4n) is 1.27. The third kappa shape index (κ3) is 2.83. The molecule has 1 N–H and O–H groups in total. The van der Waals surface area contributed by atoms with Crippen LogP contribution in [0.4, 0.5) is 0 Å². The van der Waals surface area contributed by atoms with Crippen molar-refractivity contribution in [3.05, 3.63) is 0 Å². The largest absolute Gasteiger partial charge is 0.353 e. The number of hydrogen-bond donors (Lipinski definition) is 1. The standard InChI is InChI=1S/C8H14ClNO3/c1-2-8(10-7(11)3-9)4-12-6-13-5-8/h2-6H2,1H3,(H,10,11). The van der Waals surface area contributed by atoms with Gasteiger partial charge in [0.2, 0.25) is 5.91 Å². The van der Waals surface area contributed by atoms with Gasteiger partial charge in [0.15, 0.2) is 0 Å². The van der Waals surface area contributed by atoms with Crippen LogP contribution in [0.5, 0.6) is 0 Å². The van der Waals surface area contributed by atoms with E-state index < -0.39 is 0 Å². The van der Waals surface area contributed by atoms with Crippen LogP contribution in [-0.4, -0.2) is 37.3 Å². The Morgan fingerprint density at radius 3 is 2.62 bits per heavy atom. The Hall–Kier alpha value is -0.320. The van der Waals surface area contributed by atoms with Crippen molar-refractivity contribution >= 4 is 17.5 Å². The molecule has 0 aromatic heterocycles. The fraction of sp³-hybridized carbons (Fsp3) is 0.875. The second-order valence-corrected chi connectivity index (χ2v) is 3.40. The highest BCUT2D eigenvalue weighted by molar-refractivity contribution is 6.27. The topological polar surface area (TPSA) is 47.6 Å². The van der Waals surface area contributed by atoms with E-state index in [1.165, 1.54) is 0 Å². The van der Waals surface area contributed by atoms with E-state index in [4.69, 9.17) is 21.1 Å². The van der Waals surface area contributed by atoms with E-state index in [1.807, 2.05) is 6.92 Å². The first kappa shape index (κ1) is 10.8. The van der Waals surface area contributed by atoms with Gasteiger partial charge in [-0.25, -0.2) is 0 Å². The molecule has 0 aromatic carbocycles. The second kappa shape index (κ2) is 4.79. The Kier molecular flexibility index (Phi) is 3.96. The van der Waals surface area contributed by atoms with E-state index in [0.717, 1.165) is 6.42 Å². The monoisotopic (exact) mass is 207 g/mol. The normalized spacial score (nSPS) is 21.1. The molecule has 0 bridgehead atoms. The Bertz CT molecular complexity index is 180. The molecule has 0 atom stereocenters. The third-order valence-electron chi connectivity index (χ3n) is 2.13. The van der Waals surface area contributed by atoms with Crippen LogP contribution in [0.2, 0.25) is 0 Å². The van der Waals surface area contributed by atoms with Crippen LogP contribution >= 0.6 is 11.6 Å². The molecule has 1 heterocycles. The van der Waals surface area contributed by atoms with Gasteiger partial charge < -0.3 is 14.8 Å². The molecule has 0 aromatic rings. The van der Waals surface area contributed by atoms with Crippen LogP contribution < -0.4 is 5.32 Å². The zero-order valence-electron chi connectivity index (χ0n) is 7.64. The molecule has 1 saturated heterocycles. The lowest BCUT2D eigenvalue weighted by atomic mass is 9.98. The van der Waals surface area contributed by atoms with Crippen LogP contribution in [0.15, 0.2) is 0 Å². The lowest BCUT2D eigenvalue weighted by Crippen LogP contribution is -2.57. The summed E-state index contributed by atoms with van der Waals surface area (Å²) in [4.78, 5) is 11.1. The average Bonchev–Trinajstić information content (AvgIpc) is 2.19.